The van der Waals surface area contributed by atoms with Gasteiger partial charge in [0.15, 0.2) is 0 Å². The minimum atomic E-state index is 0.411. The molecular formula is C23H32N4. The van der Waals surface area contributed by atoms with Gasteiger partial charge in [-0.2, -0.15) is 0 Å². The van der Waals surface area contributed by atoms with Gasteiger partial charge in [-0.25, -0.2) is 9.97 Å². The zero-order valence-electron chi connectivity index (χ0n) is 16.8. The summed E-state index contributed by atoms with van der Waals surface area (Å²) in [7, 11) is 2.21. The second-order valence-electron chi connectivity index (χ2n) is 8.32. The van der Waals surface area contributed by atoms with Crippen LogP contribution in [-0.4, -0.2) is 46.4 Å². The van der Waals surface area contributed by atoms with Crippen molar-refractivity contribution in [2.45, 2.75) is 57.5 Å². The topological polar surface area (TPSA) is 32.3 Å². The fraction of sp³-hybridized carbons (Fsp3) is 0.565. The molecule has 0 unspecified atom stereocenters. The Morgan fingerprint density at radius 2 is 2.00 bits per heavy atom. The zero-order chi connectivity index (χ0) is 18.6. The van der Waals surface area contributed by atoms with Gasteiger partial charge in [0.2, 0.25) is 0 Å². The quantitative estimate of drug-likeness (QED) is 0.796. The van der Waals surface area contributed by atoms with Crippen molar-refractivity contribution in [3.63, 3.8) is 0 Å². The normalized spacial score (nSPS) is 22.4. The van der Waals surface area contributed by atoms with Gasteiger partial charge < -0.3 is 0 Å². The number of benzene rings is 1. The molecule has 4 heteroatoms. The van der Waals surface area contributed by atoms with E-state index < -0.39 is 0 Å². The molecule has 2 atom stereocenters. The van der Waals surface area contributed by atoms with Crippen LogP contribution in [0.25, 0.3) is 0 Å². The third-order valence-corrected chi connectivity index (χ3v) is 6.35. The maximum atomic E-state index is 4.99. The molecule has 1 saturated heterocycles. The Morgan fingerprint density at radius 1 is 1.15 bits per heavy atom. The molecule has 1 fully saturated rings. The lowest BCUT2D eigenvalue weighted by atomic mass is 9.97. The van der Waals surface area contributed by atoms with Crippen molar-refractivity contribution < 1.29 is 0 Å². The molecule has 1 aromatic carbocycles. The van der Waals surface area contributed by atoms with E-state index in [1.54, 1.807) is 0 Å². The molecule has 144 valence electrons. The van der Waals surface area contributed by atoms with Gasteiger partial charge in [0.1, 0.15) is 5.82 Å². The molecule has 4 rings (SSSR count). The van der Waals surface area contributed by atoms with Crippen LogP contribution >= 0.6 is 0 Å². The van der Waals surface area contributed by atoms with E-state index >= 15 is 0 Å². The van der Waals surface area contributed by atoms with Crippen LogP contribution < -0.4 is 0 Å². The van der Waals surface area contributed by atoms with E-state index in [0.29, 0.717) is 12.0 Å². The summed E-state index contributed by atoms with van der Waals surface area (Å²) in [6, 6.07) is 11.3. The van der Waals surface area contributed by atoms with Crippen molar-refractivity contribution in [1.29, 1.82) is 0 Å². The first-order chi connectivity index (χ1) is 13.2. The summed E-state index contributed by atoms with van der Waals surface area (Å²) in [6.07, 6.45) is 8.15. The lowest BCUT2D eigenvalue weighted by molar-refractivity contribution is 0.178. The molecule has 0 N–H and O–H groups in total. The average Bonchev–Trinajstić information content (AvgIpc) is 2.72. The van der Waals surface area contributed by atoms with Crippen LogP contribution in [0, 0.1) is 0 Å². The number of hydrogen-bond donors (Lipinski definition) is 0. The second kappa shape index (κ2) is 8.49. The van der Waals surface area contributed by atoms with E-state index in [1.807, 2.05) is 0 Å². The molecule has 4 nitrogen and oxygen atoms in total. The standard InChI is InChI=1S/C23H32N4/c1-18(19-8-4-3-5-9-19)11-14-27-15-12-21-20(17-27)16-24-23(25-21)22-10-6-7-13-26(22)2/h3-5,8-9,16,18,22H,6-7,10-15,17H2,1-2H3/t18-,22+/m0/s1. The zero-order valence-corrected chi connectivity index (χ0v) is 16.8. The Labute approximate surface area is 163 Å². The summed E-state index contributed by atoms with van der Waals surface area (Å²) in [5.41, 5.74) is 4.06. The first kappa shape index (κ1) is 18.6. The number of piperidine rings is 1. The number of likely N-dealkylation sites (tertiary alicyclic amines) is 1. The summed E-state index contributed by atoms with van der Waals surface area (Å²) in [6.45, 7) is 6.76. The molecular weight excluding hydrogens is 332 g/mol. The summed E-state index contributed by atoms with van der Waals surface area (Å²) >= 11 is 0. The number of aromatic nitrogens is 2. The molecule has 2 aromatic rings. The fourth-order valence-electron chi connectivity index (χ4n) is 4.47. The Kier molecular flexibility index (Phi) is 5.84. The van der Waals surface area contributed by atoms with Gasteiger partial charge in [-0.1, -0.05) is 43.7 Å². The Bertz CT molecular complexity index is 745. The van der Waals surface area contributed by atoms with E-state index in [4.69, 9.17) is 9.97 Å². The second-order valence-corrected chi connectivity index (χ2v) is 8.32. The summed E-state index contributed by atoms with van der Waals surface area (Å²) in [5.74, 6) is 1.65. The Hall–Kier alpha value is -1.78. The minimum Gasteiger partial charge on any atom is -0.299 e. The number of nitrogens with zero attached hydrogens (tertiary/aromatic N) is 4. The lowest BCUT2D eigenvalue weighted by Gasteiger charge is -2.33. The molecule has 27 heavy (non-hydrogen) atoms. The largest absolute Gasteiger partial charge is 0.299 e. The van der Waals surface area contributed by atoms with E-state index in [2.05, 4.69) is 60.3 Å². The van der Waals surface area contributed by atoms with Gasteiger partial charge in [0, 0.05) is 37.0 Å². The van der Waals surface area contributed by atoms with Gasteiger partial charge in [0.25, 0.3) is 0 Å². The maximum Gasteiger partial charge on any atom is 0.145 e. The highest BCUT2D eigenvalue weighted by Crippen LogP contribution is 2.28. The third-order valence-electron chi connectivity index (χ3n) is 6.35. The van der Waals surface area contributed by atoms with Crippen molar-refractivity contribution >= 4 is 0 Å². The Balaban J connectivity index is 1.36. The van der Waals surface area contributed by atoms with Crippen molar-refractivity contribution in [3.8, 4) is 0 Å². The summed E-state index contributed by atoms with van der Waals surface area (Å²) in [4.78, 5) is 14.7. The third kappa shape index (κ3) is 4.39. The van der Waals surface area contributed by atoms with Gasteiger partial charge in [0.05, 0.1) is 6.04 Å². The lowest BCUT2D eigenvalue weighted by Crippen LogP contribution is -2.34. The van der Waals surface area contributed by atoms with E-state index in [1.165, 1.54) is 49.0 Å². The highest BCUT2D eigenvalue weighted by Gasteiger charge is 2.25. The van der Waals surface area contributed by atoms with Crippen LogP contribution in [0.4, 0.5) is 0 Å². The maximum absolute atomic E-state index is 4.99. The average molecular weight is 365 g/mol. The van der Waals surface area contributed by atoms with Crippen LogP contribution in [0.2, 0.25) is 0 Å². The van der Waals surface area contributed by atoms with E-state index in [-0.39, 0.29) is 0 Å². The van der Waals surface area contributed by atoms with Crippen molar-refractivity contribution in [2.75, 3.05) is 26.7 Å². The van der Waals surface area contributed by atoms with Gasteiger partial charge in [-0.15, -0.1) is 0 Å². The number of hydrogen-bond acceptors (Lipinski definition) is 4. The summed E-state index contributed by atoms with van der Waals surface area (Å²) in [5, 5.41) is 0. The summed E-state index contributed by atoms with van der Waals surface area (Å²) < 4.78 is 0. The molecule has 0 amide bonds. The van der Waals surface area contributed by atoms with Crippen LogP contribution in [0.5, 0.6) is 0 Å². The highest BCUT2D eigenvalue weighted by molar-refractivity contribution is 5.22. The van der Waals surface area contributed by atoms with Crippen LogP contribution in [-0.2, 0) is 13.0 Å². The van der Waals surface area contributed by atoms with Crippen LogP contribution in [0.1, 0.15) is 67.2 Å². The van der Waals surface area contributed by atoms with Gasteiger partial charge >= 0.3 is 0 Å². The van der Waals surface area contributed by atoms with E-state index in [9.17, 15) is 0 Å². The molecule has 0 aliphatic carbocycles. The molecule has 0 saturated carbocycles. The number of fused-ring (bicyclic) bond motifs is 1. The molecule has 2 aliphatic rings. The highest BCUT2D eigenvalue weighted by atomic mass is 15.2. The SMILES string of the molecule is C[C@@H](CCN1CCc2nc([C@H]3CCCCN3C)ncc2C1)c1ccccc1. The molecule has 0 radical (unpaired) electrons. The predicted octanol–water partition coefficient (Wildman–Crippen LogP) is 4.19. The molecule has 0 bridgehead atoms. The van der Waals surface area contributed by atoms with Crippen LogP contribution in [0.3, 0.4) is 0 Å². The predicted molar refractivity (Wildman–Crippen MR) is 110 cm³/mol. The molecule has 1 aromatic heterocycles. The first-order valence-corrected chi connectivity index (χ1v) is 10.5. The van der Waals surface area contributed by atoms with Crippen molar-refractivity contribution in [2.24, 2.45) is 0 Å². The molecule has 2 aliphatic heterocycles. The minimum absolute atomic E-state index is 0.411. The van der Waals surface area contributed by atoms with E-state index in [0.717, 1.165) is 31.9 Å². The molecule has 3 heterocycles. The number of rotatable bonds is 5. The Morgan fingerprint density at radius 3 is 2.81 bits per heavy atom. The van der Waals surface area contributed by atoms with Crippen LogP contribution in [0.15, 0.2) is 36.5 Å². The molecule has 0 spiro atoms. The monoisotopic (exact) mass is 364 g/mol. The first-order valence-electron chi connectivity index (χ1n) is 10.5. The van der Waals surface area contributed by atoms with Gasteiger partial charge in [-0.05, 0) is 50.9 Å². The van der Waals surface area contributed by atoms with Crippen molar-refractivity contribution in [3.05, 3.63) is 59.2 Å². The fourth-order valence-corrected chi connectivity index (χ4v) is 4.47. The smallest absolute Gasteiger partial charge is 0.145 e. The van der Waals surface area contributed by atoms with Gasteiger partial charge in [-0.3, -0.25) is 9.80 Å². The van der Waals surface area contributed by atoms with Crippen molar-refractivity contribution in [1.82, 2.24) is 19.8 Å².